The lowest BCUT2D eigenvalue weighted by molar-refractivity contribution is 0.0818. The zero-order chi connectivity index (χ0) is 21.1. The summed E-state index contributed by atoms with van der Waals surface area (Å²) < 4.78 is 5.45. The van der Waals surface area contributed by atoms with Gasteiger partial charge in [0, 0.05) is 55.5 Å². The van der Waals surface area contributed by atoms with Crippen LogP contribution in [0, 0.1) is 5.41 Å². The van der Waals surface area contributed by atoms with Gasteiger partial charge in [0.15, 0.2) is 0 Å². The number of aromatic nitrogens is 2. The highest BCUT2D eigenvalue weighted by Crippen LogP contribution is 2.26. The molecule has 4 N–H and O–H groups in total. The highest BCUT2D eigenvalue weighted by Gasteiger charge is 2.20. The molecule has 0 saturated carbocycles. The molecule has 30 heavy (non-hydrogen) atoms. The molecule has 154 valence electrons. The van der Waals surface area contributed by atoms with Crippen molar-refractivity contribution in [1.29, 1.82) is 5.41 Å². The first-order chi connectivity index (χ1) is 14.5. The third-order valence-corrected chi connectivity index (χ3v) is 5.56. The van der Waals surface area contributed by atoms with Gasteiger partial charge in [-0.25, -0.2) is 4.98 Å². The van der Waals surface area contributed by atoms with Crippen molar-refractivity contribution >= 4 is 17.2 Å². The minimum atomic E-state index is -0.169. The fraction of sp³-hybridized carbons (Fsp3) is 0.261. The van der Waals surface area contributed by atoms with E-state index in [4.69, 9.17) is 15.9 Å². The molecule has 3 aromatic rings. The summed E-state index contributed by atoms with van der Waals surface area (Å²) in [6, 6.07) is 12.6. The summed E-state index contributed by atoms with van der Waals surface area (Å²) in [6.07, 6.45) is 5.57. The number of hydrogen-bond acceptors (Lipinski definition) is 6. The van der Waals surface area contributed by atoms with E-state index in [1.54, 1.807) is 25.6 Å². The van der Waals surface area contributed by atoms with E-state index in [9.17, 15) is 4.79 Å². The maximum atomic E-state index is 11.7. The molecule has 1 aliphatic rings. The second-order valence-corrected chi connectivity index (χ2v) is 7.44. The SMILES string of the molecule is COC1CCN(c2cc(C(=N)c3cc(-c4cc[nH]c(=O)c4)ccc3N)ccn2)CC1. The zero-order valence-electron chi connectivity index (χ0n) is 16.9. The number of nitrogens with two attached hydrogens (primary N) is 1. The molecule has 0 atom stereocenters. The van der Waals surface area contributed by atoms with Gasteiger partial charge in [-0.3, -0.25) is 10.2 Å². The Morgan fingerprint density at radius 3 is 2.67 bits per heavy atom. The number of anilines is 2. The second-order valence-electron chi connectivity index (χ2n) is 7.44. The van der Waals surface area contributed by atoms with Gasteiger partial charge < -0.3 is 20.4 Å². The number of rotatable bonds is 5. The molecule has 1 aromatic carbocycles. The van der Waals surface area contributed by atoms with Crippen molar-refractivity contribution in [3.05, 3.63) is 76.3 Å². The number of hydrogen-bond donors (Lipinski definition) is 3. The Hall–Kier alpha value is -3.45. The van der Waals surface area contributed by atoms with E-state index in [2.05, 4.69) is 14.9 Å². The van der Waals surface area contributed by atoms with Gasteiger partial charge in [-0.05, 0) is 54.3 Å². The largest absolute Gasteiger partial charge is 0.398 e. The minimum absolute atomic E-state index is 0.169. The van der Waals surface area contributed by atoms with E-state index in [-0.39, 0.29) is 5.56 Å². The molecule has 0 spiro atoms. The number of aromatic amines is 1. The van der Waals surface area contributed by atoms with Crippen LogP contribution >= 0.6 is 0 Å². The van der Waals surface area contributed by atoms with E-state index in [1.165, 1.54) is 6.07 Å². The van der Waals surface area contributed by atoms with Gasteiger partial charge in [0.05, 0.1) is 11.8 Å². The Morgan fingerprint density at radius 1 is 1.17 bits per heavy atom. The van der Waals surface area contributed by atoms with Crippen molar-refractivity contribution in [2.24, 2.45) is 0 Å². The summed E-state index contributed by atoms with van der Waals surface area (Å²) in [6.45, 7) is 1.75. The first kappa shape index (κ1) is 19.8. The predicted octanol–water partition coefficient (Wildman–Crippen LogP) is 3.05. The first-order valence-corrected chi connectivity index (χ1v) is 9.97. The molecular formula is C23H25N5O2. The molecule has 7 nitrogen and oxygen atoms in total. The van der Waals surface area contributed by atoms with Gasteiger partial charge in [-0.15, -0.1) is 0 Å². The molecule has 4 rings (SSSR count). The van der Waals surface area contributed by atoms with E-state index >= 15 is 0 Å². The van der Waals surface area contributed by atoms with Crippen LogP contribution in [0.2, 0.25) is 0 Å². The average molecular weight is 403 g/mol. The van der Waals surface area contributed by atoms with Gasteiger partial charge in [-0.2, -0.15) is 0 Å². The summed E-state index contributed by atoms with van der Waals surface area (Å²) in [7, 11) is 1.75. The number of H-pyrrole nitrogens is 1. The smallest absolute Gasteiger partial charge is 0.248 e. The Bertz CT molecular complexity index is 1120. The van der Waals surface area contributed by atoms with Crippen LogP contribution in [0.1, 0.15) is 24.0 Å². The average Bonchev–Trinajstić information content (AvgIpc) is 2.79. The summed E-state index contributed by atoms with van der Waals surface area (Å²) in [5.41, 5.74) is 9.88. The van der Waals surface area contributed by atoms with E-state index in [0.717, 1.165) is 48.4 Å². The van der Waals surface area contributed by atoms with Crippen LogP contribution in [-0.4, -0.2) is 42.0 Å². The molecule has 3 heterocycles. The number of piperidine rings is 1. The quantitative estimate of drug-likeness (QED) is 0.448. The van der Waals surface area contributed by atoms with Crippen molar-refractivity contribution in [3.63, 3.8) is 0 Å². The molecule has 0 amide bonds. The molecule has 0 aliphatic carbocycles. The van der Waals surface area contributed by atoms with Crippen molar-refractivity contribution in [2.45, 2.75) is 18.9 Å². The van der Waals surface area contributed by atoms with Crippen LogP contribution in [0.5, 0.6) is 0 Å². The maximum absolute atomic E-state index is 11.7. The minimum Gasteiger partial charge on any atom is -0.398 e. The van der Waals surface area contributed by atoms with E-state index in [1.807, 2.05) is 30.3 Å². The Labute approximate surface area is 175 Å². The summed E-state index contributed by atoms with van der Waals surface area (Å²) in [5.74, 6) is 0.858. The zero-order valence-corrected chi connectivity index (χ0v) is 16.9. The van der Waals surface area contributed by atoms with Crippen LogP contribution in [0.3, 0.4) is 0 Å². The molecule has 1 fully saturated rings. The van der Waals surface area contributed by atoms with E-state index in [0.29, 0.717) is 23.1 Å². The summed E-state index contributed by atoms with van der Waals surface area (Å²) in [5, 5.41) is 8.77. The van der Waals surface area contributed by atoms with E-state index < -0.39 is 0 Å². The number of benzene rings is 1. The molecule has 1 saturated heterocycles. The predicted molar refractivity (Wildman–Crippen MR) is 119 cm³/mol. The van der Waals surface area contributed by atoms with Crippen LogP contribution in [0.15, 0.2) is 59.7 Å². The third kappa shape index (κ3) is 4.11. The monoisotopic (exact) mass is 403 g/mol. The van der Waals surface area contributed by atoms with Crippen LogP contribution in [-0.2, 0) is 4.74 Å². The number of nitrogen functional groups attached to an aromatic ring is 1. The highest BCUT2D eigenvalue weighted by molar-refractivity contribution is 6.14. The summed E-state index contributed by atoms with van der Waals surface area (Å²) >= 11 is 0. The number of nitrogens with one attached hydrogen (secondary N) is 2. The number of pyridine rings is 2. The van der Waals surface area contributed by atoms with Gasteiger partial charge in [0.2, 0.25) is 5.56 Å². The lowest BCUT2D eigenvalue weighted by Gasteiger charge is -2.32. The standard InChI is InChI=1S/C23H25N5O2/c1-30-18-6-10-28(11-7-18)21-13-17(5-8-26-21)23(25)19-12-15(2-3-20(19)24)16-4-9-27-22(29)14-16/h2-5,8-9,12-14,18,25H,6-7,10-11,24H2,1H3,(H,27,29). The Balaban J connectivity index is 1.62. The summed E-state index contributed by atoms with van der Waals surface area (Å²) in [4.78, 5) is 21.0. The van der Waals surface area contributed by atoms with Crippen molar-refractivity contribution < 1.29 is 4.74 Å². The van der Waals surface area contributed by atoms with Crippen LogP contribution < -0.4 is 16.2 Å². The van der Waals surface area contributed by atoms with Gasteiger partial charge in [0.1, 0.15) is 5.82 Å². The second kappa shape index (κ2) is 8.51. The van der Waals surface area contributed by atoms with Crippen molar-refractivity contribution in [2.75, 3.05) is 30.8 Å². The van der Waals surface area contributed by atoms with Crippen molar-refractivity contribution in [1.82, 2.24) is 9.97 Å². The molecule has 1 aliphatic heterocycles. The van der Waals surface area contributed by atoms with Crippen LogP contribution in [0.25, 0.3) is 11.1 Å². The lowest BCUT2D eigenvalue weighted by atomic mass is 9.96. The normalized spacial score (nSPS) is 14.6. The fourth-order valence-corrected chi connectivity index (χ4v) is 3.80. The molecule has 0 unspecified atom stereocenters. The molecule has 2 aromatic heterocycles. The van der Waals surface area contributed by atoms with Crippen LogP contribution in [0.4, 0.5) is 11.5 Å². The topological polar surface area (TPSA) is 108 Å². The van der Waals surface area contributed by atoms with Gasteiger partial charge >= 0.3 is 0 Å². The highest BCUT2D eigenvalue weighted by atomic mass is 16.5. The molecule has 0 bridgehead atoms. The number of methoxy groups -OCH3 is 1. The fourth-order valence-electron chi connectivity index (χ4n) is 3.80. The van der Waals surface area contributed by atoms with Gasteiger partial charge in [0.25, 0.3) is 0 Å². The molecule has 0 radical (unpaired) electrons. The molecule has 7 heteroatoms. The number of nitrogens with zero attached hydrogens (tertiary/aromatic N) is 2. The lowest BCUT2D eigenvalue weighted by Crippen LogP contribution is -2.37. The Morgan fingerprint density at radius 2 is 1.93 bits per heavy atom. The Kier molecular flexibility index (Phi) is 5.63. The van der Waals surface area contributed by atoms with Gasteiger partial charge in [-0.1, -0.05) is 6.07 Å². The third-order valence-electron chi connectivity index (χ3n) is 5.56. The number of ether oxygens (including phenoxy) is 1. The first-order valence-electron chi connectivity index (χ1n) is 9.97. The molecular weight excluding hydrogens is 378 g/mol. The van der Waals surface area contributed by atoms with Crippen molar-refractivity contribution in [3.8, 4) is 11.1 Å². The maximum Gasteiger partial charge on any atom is 0.248 e.